The molecule has 3 rings (SSSR count). The van der Waals surface area contributed by atoms with Crippen molar-refractivity contribution in [3.63, 3.8) is 0 Å². The first kappa shape index (κ1) is 15.9. The zero-order valence-electron chi connectivity index (χ0n) is 12.7. The molecule has 0 saturated carbocycles. The molecule has 0 aliphatic rings. The Morgan fingerprint density at radius 1 is 1.39 bits per heavy atom. The number of amides is 1. The van der Waals surface area contributed by atoms with E-state index in [2.05, 4.69) is 25.9 Å². The van der Waals surface area contributed by atoms with E-state index >= 15 is 0 Å². The average Bonchev–Trinajstić information content (AvgIpc) is 3.16. The first-order valence-electron chi connectivity index (χ1n) is 7.26. The molecular weight excluding hydrogens is 330 g/mol. The molecule has 0 saturated heterocycles. The number of carbonyl (C=O) groups excluding carboxylic acids is 1. The topological polar surface area (TPSA) is 72.2 Å². The second-order valence-electron chi connectivity index (χ2n) is 4.98. The maximum Gasteiger partial charge on any atom is 0.221 e. The molecule has 0 fully saturated rings. The molecule has 8 heteroatoms. The predicted octanol–water partition coefficient (Wildman–Crippen LogP) is 2.43. The van der Waals surface area contributed by atoms with Crippen molar-refractivity contribution in [3.05, 3.63) is 46.3 Å². The van der Waals surface area contributed by atoms with Gasteiger partial charge < -0.3 is 5.32 Å². The highest BCUT2D eigenvalue weighted by molar-refractivity contribution is 7.98. The van der Waals surface area contributed by atoms with Gasteiger partial charge in [-0.2, -0.15) is 11.8 Å². The highest BCUT2D eigenvalue weighted by atomic mass is 32.2. The molecule has 0 radical (unpaired) electrons. The van der Waals surface area contributed by atoms with E-state index in [0.29, 0.717) is 13.0 Å². The van der Waals surface area contributed by atoms with Gasteiger partial charge in [-0.1, -0.05) is 6.07 Å². The van der Waals surface area contributed by atoms with Crippen molar-refractivity contribution in [2.24, 2.45) is 0 Å². The molecule has 6 nitrogen and oxygen atoms in total. The van der Waals surface area contributed by atoms with Gasteiger partial charge >= 0.3 is 0 Å². The van der Waals surface area contributed by atoms with E-state index in [0.717, 1.165) is 33.7 Å². The van der Waals surface area contributed by atoms with E-state index in [1.807, 2.05) is 35.7 Å². The molecule has 0 atom stereocenters. The largest absolute Gasteiger partial charge is 0.349 e. The van der Waals surface area contributed by atoms with Crippen molar-refractivity contribution < 1.29 is 4.79 Å². The predicted molar refractivity (Wildman–Crippen MR) is 92.5 cm³/mol. The van der Waals surface area contributed by atoms with Crippen molar-refractivity contribution in [1.82, 2.24) is 24.9 Å². The molecule has 1 amide bonds. The molecule has 0 unspecified atom stereocenters. The Bertz CT molecular complexity index is 798. The van der Waals surface area contributed by atoms with E-state index in [1.54, 1.807) is 23.1 Å². The van der Waals surface area contributed by atoms with Gasteiger partial charge in [0.15, 0.2) is 11.5 Å². The molecule has 1 N–H and O–H groups in total. The van der Waals surface area contributed by atoms with E-state index in [-0.39, 0.29) is 5.91 Å². The molecule has 0 spiro atoms. The maximum absolute atomic E-state index is 11.9. The van der Waals surface area contributed by atoms with Gasteiger partial charge in [-0.25, -0.2) is 4.98 Å². The van der Waals surface area contributed by atoms with Crippen molar-refractivity contribution >= 4 is 34.7 Å². The van der Waals surface area contributed by atoms with Crippen LogP contribution in [-0.4, -0.2) is 31.2 Å². The van der Waals surface area contributed by atoms with E-state index < -0.39 is 0 Å². The van der Waals surface area contributed by atoms with Gasteiger partial charge in [0.1, 0.15) is 0 Å². The number of hydrogen-bond donors (Lipinski definition) is 1. The lowest BCUT2D eigenvalue weighted by Crippen LogP contribution is -2.24. The molecule has 3 heterocycles. The summed E-state index contributed by atoms with van der Waals surface area (Å²) in [5, 5.41) is 14.2. The van der Waals surface area contributed by atoms with Crippen LogP contribution in [0.3, 0.4) is 0 Å². The Balaban J connectivity index is 1.39. The zero-order valence-corrected chi connectivity index (χ0v) is 14.4. The Morgan fingerprint density at radius 3 is 3.13 bits per heavy atom. The van der Waals surface area contributed by atoms with E-state index in [9.17, 15) is 4.79 Å². The highest BCUT2D eigenvalue weighted by Crippen LogP contribution is 2.15. The van der Waals surface area contributed by atoms with Gasteiger partial charge in [-0.05, 0) is 19.1 Å². The fourth-order valence-electron chi connectivity index (χ4n) is 2.09. The minimum Gasteiger partial charge on any atom is -0.349 e. The van der Waals surface area contributed by atoms with Crippen LogP contribution in [0, 0.1) is 6.92 Å². The second-order valence-corrected chi connectivity index (χ2v) is 7.15. The van der Waals surface area contributed by atoms with E-state index in [4.69, 9.17) is 0 Å². The van der Waals surface area contributed by atoms with Crippen LogP contribution in [0.1, 0.15) is 22.9 Å². The SMILES string of the molecule is Cc1nc(CSCCC(=O)NCc2nnc3ccccn23)cs1. The first-order valence-corrected chi connectivity index (χ1v) is 9.30. The fourth-order valence-corrected chi connectivity index (χ4v) is 3.64. The molecule has 0 bridgehead atoms. The number of aryl methyl sites for hydroxylation is 1. The van der Waals surface area contributed by atoms with Gasteiger partial charge in [0.05, 0.1) is 17.2 Å². The number of rotatable bonds is 7. The van der Waals surface area contributed by atoms with Crippen molar-refractivity contribution in [1.29, 1.82) is 0 Å². The Labute approximate surface area is 142 Å². The van der Waals surface area contributed by atoms with Crippen LogP contribution < -0.4 is 5.32 Å². The number of pyridine rings is 1. The number of carbonyl (C=O) groups is 1. The summed E-state index contributed by atoms with van der Waals surface area (Å²) in [4.78, 5) is 16.3. The van der Waals surface area contributed by atoms with E-state index in [1.165, 1.54) is 0 Å². The smallest absolute Gasteiger partial charge is 0.221 e. The number of thioether (sulfide) groups is 1. The zero-order chi connectivity index (χ0) is 16.1. The number of thiazole rings is 1. The third-order valence-electron chi connectivity index (χ3n) is 3.22. The second kappa shape index (κ2) is 7.56. The van der Waals surface area contributed by atoms with Gasteiger partial charge in [0.2, 0.25) is 5.91 Å². The quantitative estimate of drug-likeness (QED) is 0.665. The van der Waals surface area contributed by atoms with Crippen molar-refractivity contribution in [2.45, 2.75) is 25.6 Å². The number of hydrogen-bond acceptors (Lipinski definition) is 6. The minimum atomic E-state index is 0.0274. The number of nitrogens with zero attached hydrogens (tertiary/aromatic N) is 4. The van der Waals surface area contributed by atoms with Gasteiger partial charge in [-0.15, -0.1) is 21.5 Å². The Hall–Kier alpha value is -1.93. The fraction of sp³-hybridized carbons (Fsp3) is 0.333. The molecule has 120 valence electrons. The number of nitrogens with one attached hydrogen (secondary N) is 1. The summed E-state index contributed by atoms with van der Waals surface area (Å²) in [5.41, 5.74) is 1.87. The monoisotopic (exact) mass is 347 g/mol. The van der Waals surface area contributed by atoms with Crippen LogP contribution in [0.25, 0.3) is 5.65 Å². The van der Waals surface area contributed by atoms with Crippen LogP contribution in [0.4, 0.5) is 0 Å². The minimum absolute atomic E-state index is 0.0274. The number of aromatic nitrogens is 4. The summed E-state index contributed by atoms with van der Waals surface area (Å²) in [6.07, 6.45) is 2.38. The molecular formula is C15H17N5OS2. The van der Waals surface area contributed by atoms with Gasteiger partial charge in [0.25, 0.3) is 0 Å². The summed E-state index contributed by atoms with van der Waals surface area (Å²) in [7, 11) is 0. The number of fused-ring (bicyclic) bond motifs is 1. The average molecular weight is 347 g/mol. The van der Waals surface area contributed by atoms with Crippen LogP contribution in [-0.2, 0) is 17.1 Å². The molecule has 0 aliphatic carbocycles. The summed E-state index contributed by atoms with van der Waals surface area (Å²) in [5.74, 6) is 2.40. The van der Waals surface area contributed by atoms with Crippen molar-refractivity contribution in [2.75, 3.05) is 5.75 Å². The lowest BCUT2D eigenvalue weighted by atomic mass is 10.4. The summed E-state index contributed by atoms with van der Waals surface area (Å²) >= 11 is 3.38. The summed E-state index contributed by atoms with van der Waals surface area (Å²) in [6.45, 7) is 2.39. The van der Waals surface area contributed by atoms with Crippen molar-refractivity contribution in [3.8, 4) is 0 Å². The maximum atomic E-state index is 11.9. The standard InChI is InChI=1S/C15H17N5OS2/c1-11-17-12(10-23-11)9-22-7-5-15(21)16-8-14-19-18-13-4-2-3-6-20(13)14/h2-4,6,10H,5,7-9H2,1H3,(H,16,21). The normalized spacial score (nSPS) is 11.0. The lowest BCUT2D eigenvalue weighted by Gasteiger charge is -2.04. The Kier molecular flexibility index (Phi) is 5.24. The van der Waals surface area contributed by atoms with Crippen LogP contribution in [0.15, 0.2) is 29.8 Å². The lowest BCUT2D eigenvalue weighted by molar-refractivity contribution is -0.120. The third kappa shape index (κ3) is 4.29. The summed E-state index contributed by atoms with van der Waals surface area (Å²) in [6, 6.07) is 5.71. The molecule has 23 heavy (non-hydrogen) atoms. The Morgan fingerprint density at radius 2 is 2.30 bits per heavy atom. The van der Waals surface area contributed by atoms with Crippen LogP contribution in [0.2, 0.25) is 0 Å². The first-order chi connectivity index (χ1) is 11.2. The van der Waals surface area contributed by atoms with Crippen LogP contribution in [0.5, 0.6) is 0 Å². The van der Waals surface area contributed by atoms with Gasteiger partial charge in [-0.3, -0.25) is 9.20 Å². The highest BCUT2D eigenvalue weighted by Gasteiger charge is 2.07. The van der Waals surface area contributed by atoms with Gasteiger partial charge in [0, 0.05) is 29.5 Å². The summed E-state index contributed by atoms with van der Waals surface area (Å²) < 4.78 is 1.87. The molecule has 0 aromatic carbocycles. The molecule has 3 aromatic heterocycles. The van der Waals surface area contributed by atoms with Crippen LogP contribution >= 0.6 is 23.1 Å². The third-order valence-corrected chi connectivity index (χ3v) is 5.03. The molecule has 0 aliphatic heterocycles. The molecule has 3 aromatic rings.